The van der Waals surface area contributed by atoms with E-state index in [-0.39, 0.29) is 5.82 Å². The molecule has 0 aliphatic carbocycles. The van der Waals surface area contributed by atoms with Gasteiger partial charge in [0.1, 0.15) is 30.1 Å². The third-order valence-corrected chi connectivity index (χ3v) is 4.58. The van der Waals surface area contributed by atoms with E-state index in [2.05, 4.69) is 20.9 Å². The first-order valence-electron chi connectivity index (χ1n) is 8.37. The van der Waals surface area contributed by atoms with Crippen molar-refractivity contribution in [1.29, 1.82) is 0 Å². The molecule has 0 radical (unpaired) electrons. The molecule has 134 valence electrons. The lowest BCUT2D eigenvalue weighted by molar-refractivity contribution is 0.293. The molecule has 0 amide bonds. The summed E-state index contributed by atoms with van der Waals surface area (Å²) in [6.45, 7) is 0.323. The van der Waals surface area contributed by atoms with E-state index < -0.39 is 0 Å². The highest BCUT2D eigenvalue weighted by Crippen LogP contribution is 2.29. The molecule has 27 heavy (non-hydrogen) atoms. The lowest BCUT2D eigenvalue weighted by Gasteiger charge is -2.11. The highest BCUT2D eigenvalue weighted by Gasteiger charge is 2.18. The molecule has 0 unspecified atom stereocenters. The predicted molar refractivity (Wildman–Crippen MR) is 107 cm³/mol. The Morgan fingerprint density at radius 3 is 2.52 bits per heavy atom. The van der Waals surface area contributed by atoms with Gasteiger partial charge < -0.3 is 9.47 Å². The maximum Gasteiger partial charge on any atom is 0.225 e. The Kier molecular flexibility index (Phi) is 5.03. The Morgan fingerprint density at radius 2 is 1.74 bits per heavy atom. The van der Waals surface area contributed by atoms with E-state index in [4.69, 9.17) is 9.47 Å². The minimum absolute atomic E-state index is 0.319. The van der Waals surface area contributed by atoms with Crippen LogP contribution in [-0.2, 0) is 11.3 Å². The summed E-state index contributed by atoms with van der Waals surface area (Å²) in [7, 11) is 0. The van der Waals surface area contributed by atoms with E-state index in [1.165, 1.54) is 12.1 Å². The van der Waals surface area contributed by atoms with Crippen LogP contribution < -0.4 is 4.74 Å². The molecule has 0 aromatic heterocycles. The quantitative estimate of drug-likeness (QED) is 0.521. The van der Waals surface area contributed by atoms with Crippen LogP contribution in [0.5, 0.6) is 5.75 Å². The number of nitrogens with zero attached hydrogens (tertiary/aromatic N) is 1. The summed E-state index contributed by atoms with van der Waals surface area (Å²) >= 11 is 3.43. The van der Waals surface area contributed by atoms with Crippen molar-refractivity contribution in [3.8, 4) is 5.75 Å². The SMILES string of the molecule is Fc1ccc2c(c1)C(OCc1ccccc1)=NC(c1ccc(Br)cc1)=CO2. The van der Waals surface area contributed by atoms with Crippen LogP contribution in [0.1, 0.15) is 16.7 Å². The molecule has 0 atom stereocenters. The molecule has 1 aliphatic heterocycles. The fourth-order valence-electron chi connectivity index (χ4n) is 2.68. The second-order valence-corrected chi connectivity index (χ2v) is 6.88. The van der Waals surface area contributed by atoms with Gasteiger partial charge >= 0.3 is 0 Å². The lowest BCUT2D eigenvalue weighted by atomic mass is 10.1. The number of halogens is 2. The average molecular weight is 424 g/mol. The Labute approximate surface area is 164 Å². The Morgan fingerprint density at radius 1 is 0.963 bits per heavy atom. The Balaban J connectivity index is 1.71. The standard InChI is InChI=1S/C22H15BrFNO2/c23-17-8-6-16(7-9-17)20-14-26-21-11-10-18(24)12-19(21)22(25-20)27-13-15-4-2-1-3-5-15/h1-12,14H,13H2. The highest BCUT2D eigenvalue weighted by atomic mass is 79.9. The van der Waals surface area contributed by atoms with E-state index in [1.54, 1.807) is 12.3 Å². The van der Waals surface area contributed by atoms with E-state index >= 15 is 0 Å². The lowest BCUT2D eigenvalue weighted by Crippen LogP contribution is -2.08. The maximum atomic E-state index is 13.8. The molecule has 0 bridgehead atoms. The molecule has 3 aromatic carbocycles. The zero-order chi connectivity index (χ0) is 18.6. The molecule has 0 saturated heterocycles. The van der Waals surface area contributed by atoms with Gasteiger partial charge in [0.05, 0.1) is 5.56 Å². The van der Waals surface area contributed by atoms with Gasteiger partial charge in [0, 0.05) is 10.0 Å². The van der Waals surface area contributed by atoms with Gasteiger partial charge in [-0.1, -0.05) is 58.4 Å². The van der Waals surface area contributed by atoms with Crippen molar-refractivity contribution in [2.45, 2.75) is 6.61 Å². The number of ether oxygens (including phenoxy) is 2. The Bertz CT molecular complexity index is 1010. The Hall–Kier alpha value is -2.92. The topological polar surface area (TPSA) is 30.8 Å². The van der Waals surface area contributed by atoms with E-state index in [0.29, 0.717) is 29.5 Å². The van der Waals surface area contributed by atoms with Crippen LogP contribution in [0, 0.1) is 5.82 Å². The number of hydrogen-bond acceptors (Lipinski definition) is 3. The van der Waals surface area contributed by atoms with Gasteiger partial charge in [0.2, 0.25) is 5.90 Å². The van der Waals surface area contributed by atoms with Crippen molar-refractivity contribution in [2.75, 3.05) is 0 Å². The molecule has 0 spiro atoms. The summed E-state index contributed by atoms with van der Waals surface area (Å²) in [5.41, 5.74) is 2.95. The number of rotatable bonds is 3. The van der Waals surface area contributed by atoms with Crippen LogP contribution in [0.15, 0.2) is 88.5 Å². The first-order valence-corrected chi connectivity index (χ1v) is 9.16. The summed E-state index contributed by atoms with van der Waals surface area (Å²) in [5, 5.41) is 0. The van der Waals surface area contributed by atoms with E-state index in [9.17, 15) is 4.39 Å². The van der Waals surface area contributed by atoms with Gasteiger partial charge in [-0.15, -0.1) is 0 Å². The second-order valence-electron chi connectivity index (χ2n) is 5.96. The number of fused-ring (bicyclic) bond motifs is 1. The number of hydrogen-bond donors (Lipinski definition) is 0. The molecule has 3 nitrogen and oxygen atoms in total. The fraction of sp³-hybridized carbons (Fsp3) is 0.0455. The van der Waals surface area contributed by atoms with Gasteiger partial charge in [-0.3, -0.25) is 0 Å². The largest absolute Gasteiger partial charge is 0.472 e. The third-order valence-electron chi connectivity index (χ3n) is 4.05. The third kappa shape index (κ3) is 4.09. The monoisotopic (exact) mass is 423 g/mol. The van der Waals surface area contributed by atoms with Crippen molar-refractivity contribution in [3.05, 3.63) is 106 Å². The van der Waals surface area contributed by atoms with Crippen LogP contribution in [0.3, 0.4) is 0 Å². The van der Waals surface area contributed by atoms with Crippen molar-refractivity contribution >= 4 is 27.5 Å². The zero-order valence-electron chi connectivity index (χ0n) is 14.2. The molecule has 0 saturated carbocycles. The molecule has 5 heteroatoms. The summed E-state index contributed by atoms with van der Waals surface area (Å²) in [4.78, 5) is 4.62. The second kappa shape index (κ2) is 7.76. The molecule has 1 heterocycles. The molecular formula is C22H15BrFNO2. The van der Waals surface area contributed by atoms with Gasteiger partial charge in [-0.05, 0) is 35.9 Å². The number of benzene rings is 3. The van der Waals surface area contributed by atoms with Gasteiger partial charge in [0.25, 0.3) is 0 Å². The maximum absolute atomic E-state index is 13.8. The van der Waals surface area contributed by atoms with Gasteiger partial charge in [-0.2, -0.15) is 0 Å². The van der Waals surface area contributed by atoms with Crippen molar-refractivity contribution in [3.63, 3.8) is 0 Å². The minimum Gasteiger partial charge on any atom is -0.472 e. The fourth-order valence-corrected chi connectivity index (χ4v) is 2.94. The molecule has 3 aromatic rings. The summed E-state index contributed by atoms with van der Waals surface area (Å²) in [6, 6.07) is 21.8. The average Bonchev–Trinajstić information content (AvgIpc) is 2.87. The summed E-state index contributed by atoms with van der Waals surface area (Å²) in [5.74, 6) is 0.441. The molecule has 1 aliphatic rings. The summed E-state index contributed by atoms with van der Waals surface area (Å²) in [6.07, 6.45) is 1.55. The van der Waals surface area contributed by atoms with Gasteiger partial charge in [-0.25, -0.2) is 9.38 Å². The first kappa shape index (κ1) is 17.5. The van der Waals surface area contributed by atoms with E-state index in [0.717, 1.165) is 15.6 Å². The molecule has 0 fully saturated rings. The zero-order valence-corrected chi connectivity index (χ0v) is 15.8. The molecular weight excluding hydrogens is 409 g/mol. The van der Waals surface area contributed by atoms with Crippen LogP contribution in [-0.4, -0.2) is 5.90 Å². The highest BCUT2D eigenvalue weighted by molar-refractivity contribution is 9.10. The van der Waals surface area contributed by atoms with Crippen LogP contribution in [0.25, 0.3) is 5.70 Å². The predicted octanol–water partition coefficient (Wildman–Crippen LogP) is 5.94. The van der Waals surface area contributed by atoms with Crippen LogP contribution in [0.2, 0.25) is 0 Å². The minimum atomic E-state index is -0.375. The molecule has 0 N–H and O–H groups in total. The molecule has 4 rings (SSSR count). The smallest absolute Gasteiger partial charge is 0.225 e. The van der Waals surface area contributed by atoms with E-state index in [1.807, 2.05) is 54.6 Å². The first-order chi connectivity index (χ1) is 13.2. The van der Waals surface area contributed by atoms with Gasteiger partial charge in [0.15, 0.2) is 0 Å². The normalized spacial score (nSPS) is 13.0. The number of aliphatic imine (C=N–C) groups is 1. The summed E-state index contributed by atoms with van der Waals surface area (Å²) < 4.78 is 26.5. The van der Waals surface area contributed by atoms with Crippen molar-refractivity contribution in [1.82, 2.24) is 0 Å². The van der Waals surface area contributed by atoms with Crippen molar-refractivity contribution in [2.24, 2.45) is 4.99 Å². The van der Waals surface area contributed by atoms with Crippen molar-refractivity contribution < 1.29 is 13.9 Å². The van der Waals surface area contributed by atoms with Crippen LogP contribution >= 0.6 is 15.9 Å². The van der Waals surface area contributed by atoms with Crippen LogP contribution in [0.4, 0.5) is 4.39 Å².